The maximum atomic E-state index is 12.0. The molecule has 1 rings (SSSR count). The summed E-state index contributed by atoms with van der Waals surface area (Å²) in [7, 11) is 0. The Bertz CT molecular complexity index is 713. The Morgan fingerprint density at radius 1 is 0.893 bits per heavy atom. The van der Waals surface area contributed by atoms with Gasteiger partial charge in [0, 0.05) is 20.6 Å². The molecule has 0 atom stereocenters. The fourth-order valence-electron chi connectivity index (χ4n) is 1.79. The summed E-state index contributed by atoms with van der Waals surface area (Å²) in [6, 6.07) is 3.03. The third-order valence-corrected chi connectivity index (χ3v) is 3.63. The van der Waals surface area contributed by atoms with Crippen molar-refractivity contribution >= 4 is 52.9 Å². The van der Waals surface area contributed by atoms with Gasteiger partial charge >= 0.3 is 12.2 Å². The van der Waals surface area contributed by atoms with Crippen LogP contribution in [0.5, 0.6) is 0 Å². The van der Waals surface area contributed by atoms with Crippen LogP contribution in [0.15, 0.2) is 17.1 Å². The van der Waals surface area contributed by atoms with Crippen molar-refractivity contribution in [2.24, 2.45) is 4.99 Å². The molecule has 0 saturated heterocycles. The van der Waals surface area contributed by atoms with Gasteiger partial charge in [0.1, 0.15) is 11.2 Å². The van der Waals surface area contributed by atoms with Crippen molar-refractivity contribution in [3.05, 3.63) is 32.8 Å². The second kappa shape index (κ2) is 9.67. The number of benzene rings is 1. The number of rotatable bonds is 2. The van der Waals surface area contributed by atoms with Crippen LogP contribution < -0.4 is 10.6 Å². The van der Waals surface area contributed by atoms with Gasteiger partial charge in [-0.05, 0) is 53.7 Å². The van der Waals surface area contributed by atoms with Crippen molar-refractivity contribution < 1.29 is 19.1 Å². The maximum absolute atomic E-state index is 12.0. The molecule has 10 heteroatoms. The number of alkyl carbamates (subject to hydrolysis) is 2. The molecule has 0 heterocycles. The predicted molar refractivity (Wildman–Crippen MR) is 111 cm³/mol. The van der Waals surface area contributed by atoms with Crippen LogP contribution in [0.4, 0.5) is 9.59 Å². The quantitative estimate of drug-likeness (QED) is 0.454. The molecule has 28 heavy (non-hydrogen) atoms. The second-order valence-corrected chi connectivity index (χ2v) is 9.02. The highest BCUT2D eigenvalue weighted by atomic mass is 35.5. The molecule has 2 amide bonds. The van der Waals surface area contributed by atoms with Crippen LogP contribution in [0.3, 0.4) is 0 Å². The van der Waals surface area contributed by atoms with E-state index in [1.165, 1.54) is 12.1 Å². The maximum Gasteiger partial charge on any atom is 0.414 e. The summed E-state index contributed by atoms with van der Waals surface area (Å²) in [4.78, 5) is 28.3. The second-order valence-electron chi connectivity index (χ2n) is 7.77. The largest absolute Gasteiger partial charge is 0.444 e. The van der Waals surface area contributed by atoms with Gasteiger partial charge in [-0.3, -0.25) is 10.6 Å². The van der Waals surface area contributed by atoms with Crippen LogP contribution in [0.2, 0.25) is 15.1 Å². The molecular weight excluding hydrogens is 429 g/mol. The summed E-state index contributed by atoms with van der Waals surface area (Å²) in [5.74, 6) is -0.175. The van der Waals surface area contributed by atoms with E-state index in [-0.39, 0.29) is 12.5 Å². The van der Waals surface area contributed by atoms with Crippen LogP contribution >= 0.6 is 34.8 Å². The minimum Gasteiger partial charge on any atom is -0.444 e. The molecule has 0 aromatic heterocycles. The van der Waals surface area contributed by atoms with Crippen molar-refractivity contribution in [3.8, 4) is 0 Å². The number of ether oxygens (including phenoxy) is 2. The summed E-state index contributed by atoms with van der Waals surface area (Å²) in [6.07, 6.45) is -1.59. The third-order valence-electron chi connectivity index (χ3n) is 2.74. The van der Waals surface area contributed by atoms with Gasteiger partial charge in [0.25, 0.3) is 0 Å². The molecule has 0 aliphatic carbocycles. The van der Waals surface area contributed by atoms with Gasteiger partial charge in [0.15, 0.2) is 0 Å². The Hall–Kier alpha value is -1.70. The number of nitrogens with one attached hydrogen (secondary N) is 2. The number of carbonyl (C=O) groups is 2. The standard InChI is InChI=1S/C18H24Cl3N3O4/c1-17(2,3)27-15(25)23-14(24-16(26)28-18(4,5)6)22-9-11-12(20)7-10(19)8-13(11)21/h7-8H,9H2,1-6H3,(H2,22,23,24,25,26). The minimum absolute atomic E-state index is 0.0320. The molecule has 156 valence electrons. The highest BCUT2D eigenvalue weighted by Gasteiger charge is 2.21. The molecule has 7 nitrogen and oxygen atoms in total. The summed E-state index contributed by atoms with van der Waals surface area (Å²) < 4.78 is 10.3. The van der Waals surface area contributed by atoms with Crippen molar-refractivity contribution in [2.45, 2.75) is 59.3 Å². The first kappa shape index (κ1) is 24.3. The lowest BCUT2D eigenvalue weighted by Gasteiger charge is -2.22. The van der Waals surface area contributed by atoms with Crippen molar-refractivity contribution in [3.63, 3.8) is 0 Å². The molecule has 0 spiro atoms. The van der Waals surface area contributed by atoms with Crippen LogP contribution in [-0.2, 0) is 16.0 Å². The highest BCUT2D eigenvalue weighted by molar-refractivity contribution is 6.39. The van der Waals surface area contributed by atoms with Crippen molar-refractivity contribution in [1.29, 1.82) is 0 Å². The third kappa shape index (κ3) is 9.48. The monoisotopic (exact) mass is 451 g/mol. The number of hydrogen-bond donors (Lipinski definition) is 2. The van der Waals surface area contributed by atoms with Crippen LogP contribution in [0.25, 0.3) is 0 Å². The molecule has 0 bridgehead atoms. The summed E-state index contributed by atoms with van der Waals surface area (Å²) >= 11 is 18.2. The van der Waals surface area contributed by atoms with Crippen LogP contribution in [0, 0.1) is 0 Å². The van der Waals surface area contributed by atoms with E-state index in [2.05, 4.69) is 15.6 Å². The Kier molecular flexibility index (Phi) is 8.41. The Balaban J connectivity index is 3.03. The van der Waals surface area contributed by atoms with Crippen molar-refractivity contribution in [2.75, 3.05) is 0 Å². The first-order valence-electron chi connectivity index (χ1n) is 8.34. The van der Waals surface area contributed by atoms with E-state index in [1.807, 2.05) is 0 Å². The van der Waals surface area contributed by atoms with E-state index in [0.717, 1.165) is 0 Å². The van der Waals surface area contributed by atoms with E-state index in [4.69, 9.17) is 44.3 Å². The molecule has 0 aliphatic heterocycles. The Morgan fingerprint density at radius 2 is 1.29 bits per heavy atom. The predicted octanol–water partition coefficient (Wildman–Crippen LogP) is 5.55. The lowest BCUT2D eigenvalue weighted by atomic mass is 10.2. The fraction of sp³-hybridized carbons (Fsp3) is 0.500. The van der Waals surface area contributed by atoms with Crippen molar-refractivity contribution in [1.82, 2.24) is 10.6 Å². The first-order valence-corrected chi connectivity index (χ1v) is 9.47. The molecule has 0 radical (unpaired) electrons. The zero-order chi connectivity index (χ0) is 21.7. The number of amides is 2. The van der Waals surface area contributed by atoms with Gasteiger partial charge in [-0.15, -0.1) is 0 Å². The number of hydrogen-bond acceptors (Lipinski definition) is 5. The van der Waals surface area contributed by atoms with E-state index >= 15 is 0 Å². The van der Waals surface area contributed by atoms with Gasteiger partial charge in [0.05, 0.1) is 6.54 Å². The number of guanidine groups is 1. The number of nitrogens with zero attached hydrogens (tertiary/aromatic N) is 1. The smallest absolute Gasteiger partial charge is 0.414 e. The van der Waals surface area contributed by atoms with E-state index in [1.54, 1.807) is 41.5 Å². The van der Waals surface area contributed by atoms with Gasteiger partial charge in [-0.25, -0.2) is 14.6 Å². The summed E-state index contributed by atoms with van der Waals surface area (Å²) in [6.45, 7) is 10.2. The fourth-order valence-corrected chi connectivity index (χ4v) is 2.73. The van der Waals surface area contributed by atoms with Crippen LogP contribution in [-0.4, -0.2) is 29.3 Å². The first-order chi connectivity index (χ1) is 12.7. The Labute approximate surface area is 179 Å². The minimum atomic E-state index is -0.796. The number of aliphatic imine (C=N–C) groups is 1. The molecule has 0 aliphatic rings. The number of carbonyl (C=O) groups excluding carboxylic acids is 2. The molecule has 1 aromatic rings. The van der Waals surface area contributed by atoms with Crippen LogP contribution in [0.1, 0.15) is 47.1 Å². The highest BCUT2D eigenvalue weighted by Crippen LogP contribution is 2.29. The Morgan fingerprint density at radius 3 is 1.64 bits per heavy atom. The van der Waals surface area contributed by atoms with Gasteiger partial charge in [-0.2, -0.15) is 0 Å². The molecule has 0 unspecified atom stereocenters. The topological polar surface area (TPSA) is 89.0 Å². The SMILES string of the molecule is CC(C)(C)OC(=O)NC(=NCc1c(Cl)cc(Cl)cc1Cl)NC(=O)OC(C)(C)C. The van der Waals surface area contributed by atoms with E-state index in [0.29, 0.717) is 20.6 Å². The summed E-state index contributed by atoms with van der Waals surface area (Å²) in [5, 5.41) is 5.73. The average molecular weight is 453 g/mol. The molecule has 0 saturated carbocycles. The van der Waals surface area contributed by atoms with E-state index < -0.39 is 23.4 Å². The normalized spacial score (nSPS) is 11.5. The lowest BCUT2D eigenvalue weighted by molar-refractivity contribution is 0.0545. The molecule has 0 fully saturated rings. The lowest BCUT2D eigenvalue weighted by Crippen LogP contribution is -2.47. The molecule has 2 N–H and O–H groups in total. The van der Waals surface area contributed by atoms with Gasteiger partial charge in [-0.1, -0.05) is 34.8 Å². The van der Waals surface area contributed by atoms with E-state index in [9.17, 15) is 9.59 Å². The number of halogens is 3. The van der Waals surface area contributed by atoms with Gasteiger partial charge < -0.3 is 9.47 Å². The zero-order valence-corrected chi connectivity index (χ0v) is 18.8. The zero-order valence-electron chi connectivity index (χ0n) is 16.6. The molecular formula is C18H24Cl3N3O4. The average Bonchev–Trinajstić information content (AvgIpc) is 2.41. The molecule has 1 aromatic carbocycles. The summed E-state index contributed by atoms with van der Waals surface area (Å²) in [5.41, 5.74) is -0.990. The van der Waals surface area contributed by atoms with Gasteiger partial charge in [0.2, 0.25) is 5.96 Å².